The van der Waals surface area contributed by atoms with Crippen molar-refractivity contribution >= 4 is 17.3 Å². The fourth-order valence-electron chi connectivity index (χ4n) is 1.15. The Morgan fingerprint density at radius 1 is 1.85 bits per heavy atom. The Morgan fingerprint density at radius 2 is 2.46 bits per heavy atom. The fraction of sp³-hybridized carbons (Fsp3) is 0.375. The highest BCUT2D eigenvalue weighted by molar-refractivity contribution is 7.80. The Labute approximate surface area is 81.1 Å². The number of hydrogen-bond donors (Lipinski definition) is 3. The second-order valence-corrected chi connectivity index (χ2v) is 3.54. The van der Waals surface area contributed by atoms with Gasteiger partial charge in [0.1, 0.15) is 11.4 Å². The number of nitrogens with two attached hydrogens (primary N) is 1. The van der Waals surface area contributed by atoms with Gasteiger partial charge in [-0.1, -0.05) is 6.08 Å². The molecule has 0 aromatic heterocycles. The zero-order valence-electron chi connectivity index (χ0n) is 7.12. The standard InChI is InChI=1S/C8H11FN2OS/c1-8(12)4-5(9)2-3-6(8)11-7(10)13/h2-4,6,12H,1H3,(H3,10,11,13). The van der Waals surface area contributed by atoms with E-state index in [9.17, 15) is 9.50 Å². The summed E-state index contributed by atoms with van der Waals surface area (Å²) in [7, 11) is 0. The van der Waals surface area contributed by atoms with Gasteiger partial charge in [0.25, 0.3) is 0 Å². The van der Waals surface area contributed by atoms with Gasteiger partial charge in [0.15, 0.2) is 5.11 Å². The summed E-state index contributed by atoms with van der Waals surface area (Å²) in [5.74, 6) is -0.467. The summed E-state index contributed by atoms with van der Waals surface area (Å²) in [4.78, 5) is 0. The molecule has 0 heterocycles. The fourth-order valence-corrected chi connectivity index (χ4v) is 1.27. The molecule has 0 bridgehead atoms. The van der Waals surface area contributed by atoms with E-state index in [1.807, 2.05) is 0 Å². The molecule has 5 heteroatoms. The van der Waals surface area contributed by atoms with Gasteiger partial charge in [0.05, 0.1) is 6.04 Å². The monoisotopic (exact) mass is 202 g/mol. The first-order valence-electron chi connectivity index (χ1n) is 3.77. The maximum absolute atomic E-state index is 12.7. The summed E-state index contributed by atoms with van der Waals surface area (Å²) in [6.07, 6.45) is 3.85. The van der Waals surface area contributed by atoms with Crippen LogP contribution in [0.1, 0.15) is 6.92 Å². The number of hydrogen-bond acceptors (Lipinski definition) is 2. The summed E-state index contributed by atoms with van der Waals surface area (Å²) >= 11 is 4.62. The van der Waals surface area contributed by atoms with Crippen molar-refractivity contribution in [1.29, 1.82) is 0 Å². The molecule has 0 aromatic rings. The van der Waals surface area contributed by atoms with Crippen molar-refractivity contribution in [3.8, 4) is 0 Å². The minimum absolute atomic E-state index is 0.0747. The minimum Gasteiger partial charge on any atom is -0.383 e. The zero-order chi connectivity index (χ0) is 10.1. The summed E-state index contributed by atoms with van der Waals surface area (Å²) in [5.41, 5.74) is 3.94. The average Bonchev–Trinajstić information content (AvgIpc) is 1.93. The first kappa shape index (κ1) is 10.1. The van der Waals surface area contributed by atoms with Crippen molar-refractivity contribution in [1.82, 2.24) is 5.32 Å². The van der Waals surface area contributed by atoms with E-state index in [0.29, 0.717) is 0 Å². The Kier molecular flexibility index (Phi) is 2.68. The molecule has 0 spiro atoms. The number of rotatable bonds is 1. The molecule has 0 aliphatic heterocycles. The highest BCUT2D eigenvalue weighted by atomic mass is 32.1. The van der Waals surface area contributed by atoms with Crippen LogP contribution in [-0.2, 0) is 0 Å². The van der Waals surface area contributed by atoms with E-state index in [1.165, 1.54) is 19.1 Å². The lowest BCUT2D eigenvalue weighted by atomic mass is 9.92. The Hall–Kier alpha value is -0.940. The van der Waals surface area contributed by atoms with E-state index in [0.717, 1.165) is 6.08 Å². The lowest BCUT2D eigenvalue weighted by Gasteiger charge is -2.30. The van der Waals surface area contributed by atoms with Crippen molar-refractivity contribution in [2.45, 2.75) is 18.6 Å². The van der Waals surface area contributed by atoms with Crippen LogP contribution in [0, 0.1) is 0 Å². The summed E-state index contributed by atoms with van der Waals surface area (Å²) in [6.45, 7) is 1.48. The first-order chi connectivity index (χ1) is 5.92. The molecule has 0 radical (unpaired) electrons. The van der Waals surface area contributed by atoms with Crippen LogP contribution in [0.4, 0.5) is 4.39 Å². The molecule has 1 aliphatic rings. The average molecular weight is 202 g/mol. The quantitative estimate of drug-likeness (QED) is 0.537. The smallest absolute Gasteiger partial charge is 0.164 e. The molecule has 1 rings (SSSR count). The van der Waals surface area contributed by atoms with Gasteiger partial charge in [-0.3, -0.25) is 0 Å². The van der Waals surface area contributed by atoms with Crippen molar-refractivity contribution < 1.29 is 9.50 Å². The van der Waals surface area contributed by atoms with Crippen LogP contribution in [0.15, 0.2) is 24.1 Å². The van der Waals surface area contributed by atoms with E-state index in [-0.39, 0.29) is 5.11 Å². The van der Waals surface area contributed by atoms with Gasteiger partial charge in [-0.15, -0.1) is 0 Å². The number of allylic oxidation sites excluding steroid dienone is 2. The molecular weight excluding hydrogens is 191 g/mol. The Morgan fingerprint density at radius 3 is 2.92 bits per heavy atom. The van der Waals surface area contributed by atoms with Crippen molar-refractivity contribution in [2.75, 3.05) is 0 Å². The largest absolute Gasteiger partial charge is 0.383 e. The summed E-state index contributed by atoms with van der Waals surface area (Å²) < 4.78 is 12.7. The van der Waals surface area contributed by atoms with Gasteiger partial charge in [-0.05, 0) is 31.3 Å². The van der Waals surface area contributed by atoms with Crippen LogP contribution in [-0.4, -0.2) is 21.9 Å². The van der Waals surface area contributed by atoms with E-state index in [4.69, 9.17) is 5.73 Å². The molecule has 2 unspecified atom stereocenters. The third kappa shape index (κ3) is 2.50. The van der Waals surface area contributed by atoms with Crippen molar-refractivity contribution in [3.05, 3.63) is 24.1 Å². The van der Waals surface area contributed by atoms with E-state index in [2.05, 4.69) is 17.5 Å². The van der Waals surface area contributed by atoms with E-state index in [1.54, 1.807) is 0 Å². The maximum Gasteiger partial charge on any atom is 0.164 e. The molecule has 0 saturated heterocycles. The Bertz CT molecular complexity index is 286. The molecule has 0 saturated carbocycles. The van der Waals surface area contributed by atoms with Crippen LogP contribution < -0.4 is 11.1 Å². The molecule has 1 aliphatic carbocycles. The molecule has 0 fully saturated rings. The van der Waals surface area contributed by atoms with Crippen LogP contribution >= 0.6 is 12.2 Å². The molecule has 13 heavy (non-hydrogen) atoms. The zero-order valence-corrected chi connectivity index (χ0v) is 7.94. The summed E-state index contributed by atoms with van der Waals surface area (Å²) in [6, 6.07) is -0.482. The predicted octanol–water partition coefficient (Wildman–Crippen LogP) is 0.362. The molecular formula is C8H11FN2OS. The topological polar surface area (TPSA) is 58.3 Å². The molecule has 0 aromatic carbocycles. The lowest BCUT2D eigenvalue weighted by molar-refractivity contribution is 0.0872. The van der Waals surface area contributed by atoms with Gasteiger partial charge in [0.2, 0.25) is 0 Å². The molecule has 0 amide bonds. The number of aliphatic hydroxyl groups is 1. The third-order valence-electron chi connectivity index (χ3n) is 1.81. The van der Waals surface area contributed by atoms with Gasteiger partial charge < -0.3 is 16.2 Å². The summed E-state index contributed by atoms with van der Waals surface area (Å²) in [5, 5.41) is 12.4. The number of nitrogens with one attached hydrogen (secondary N) is 1. The van der Waals surface area contributed by atoms with E-state index >= 15 is 0 Å². The van der Waals surface area contributed by atoms with Crippen LogP contribution in [0.2, 0.25) is 0 Å². The normalized spacial score (nSPS) is 32.5. The predicted molar refractivity (Wildman–Crippen MR) is 52.7 cm³/mol. The highest BCUT2D eigenvalue weighted by Gasteiger charge is 2.31. The van der Waals surface area contributed by atoms with Gasteiger partial charge in [0, 0.05) is 0 Å². The van der Waals surface area contributed by atoms with Crippen LogP contribution in [0.3, 0.4) is 0 Å². The van der Waals surface area contributed by atoms with E-state index < -0.39 is 17.5 Å². The Balaban J connectivity index is 2.79. The second-order valence-electron chi connectivity index (χ2n) is 3.10. The van der Waals surface area contributed by atoms with Crippen LogP contribution in [0.5, 0.6) is 0 Å². The highest BCUT2D eigenvalue weighted by Crippen LogP contribution is 2.21. The molecule has 2 atom stereocenters. The van der Waals surface area contributed by atoms with Crippen LogP contribution in [0.25, 0.3) is 0 Å². The first-order valence-corrected chi connectivity index (χ1v) is 4.17. The number of halogens is 1. The maximum atomic E-state index is 12.7. The van der Waals surface area contributed by atoms with Gasteiger partial charge >= 0.3 is 0 Å². The van der Waals surface area contributed by atoms with Crippen molar-refractivity contribution in [3.63, 3.8) is 0 Å². The van der Waals surface area contributed by atoms with Gasteiger partial charge in [-0.25, -0.2) is 4.39 Å². The molecule has 72 valence electrons. The van der Waals surface area contributed by atoms with Crippen molar-refractivity contribution in [2.24, 2.45) is 5.73 Å². The SMILES string of the molecule is CC1(O)C=C(F)C=CC1NC(N)=S. The number of thiocarbonyl (C=S) groups is 1. The molecule has 3 nitrogen and oxygen atoms in total. The second kappa shape index (κ2) is 3.43. The van der Waals surface area contributed by atoms with Gasteiger partial charge in [-0.2, -0.15) is 0 Å². The lowest BCUT2D eigenvalue weighted by Crippen LogP contribution is -2.51. The third-order valence-corrected chi connectivity index (χ3v) is 1.92. The molecule has 4 N–H and O–H groups in total. The minimum atomic E-state index is -1.30.